The van der Waals surface area contributed by atoms with Gasteiger partial charge in [-0.25, -0.2) is 4.68 Å². The second-order valence-corrected chi connectivity index (χ2v) is 4.59. The van der Waals surface area contributed by atoms with E-state index in [1.807, 2.05) is 13.8 Å². The van der Waals surface area contributed by atoms with Crippen LogP contribution in [0.5, 0.6) is 0 Å². The molecule has 7 nitrogen and oxygen atoms in total. The van der Waals surface area contributed by atoms with E-state index in [1.54, 1.807) is 0 Å². The van der Waals surface area contributed by atoms with E-state index in [-0.39, 0.29) is 42.9 Å². The minimum Gasteiger partial charge on any atom is -0.395 e. The molecule has 1 N–H and O–H groups in total. The second kappa shape index (κ2) is 7.76. The van der Waals surface area contributed by atoms with E-state index in [1.165, 1.54) is 28.8 Å². The van der Waals surface area contributed by atoms with Gasteiger partial charge < -0.3 is 14.7 Å². The van der Waals surface area contributed by atoms with Gasteiger partial charge >= 0.3 is 0 Å². The highest BCUT2D eigenvalue weighted by atomic mass is 16.5. The number of aliphatic hydroxyl groups excluding tert-OH is 1. The zero-order valence-corrected chi connectivity index (χ0v) is 12.1. The van der Waals surface area contributed by atoms with Gasteiger partial charge in [0.2, 0.25) is 0 Å². The lowest BCUT2D eigenvalue weighted by molar-refractivity contribution is 0.0655. The number of nitrogens with zero attached hydrogens (tertiary/aromatic N) is 3. The molecule has 0 aliphatic heterocycles. The summed E-state index contributed by atoms with van der Waals surface area (Å²) < 4.78 is 6.10. The highest BCUT2D eigenvalue weighted by molar-refractivity contribution is 5.92. The molecule has 0 saturated heterocycles. The number of aromatic nitrogens is 2. The molecular formula is C13H21N3O4. The number of hydrogen-bond donors (Lipinski definition) is 1. The predicted molar refractivity (Wildman–Crippen MR) is 73.6 cm³/mol. The SMILES string of the molecule is COCCn1nc(C(=O)N(CCO)C(C)C)ccc1=O. The maximum absolute atomic E-state index is 12.3. The van der Waals surface area contributed by atoms with Crippen LogP contribution in [0.25, 0.3) is 0 Å². The third kappa shape index (κ3) is 4.14. The van der Waals surface area contributed by atoms with Crippen molar-refractivity contribution in [1.29, 1.82) is 0 Å². The molecular weight excluding hydrogens is 262 g/mol. The van der Waals surface area contributed by atoms with Crippen molar-refractivity contribution < 1.29 is 14.6 Å². The minimum atomic E-state index is -0.305. The Bertz CT molecular complexity index is 499. The van der Waals surface area contributed by atoms with Gasteiger partial charge in [0.15, 0.2) is 0 Å². The average Bonchev–Trinajstić information content (AvgIpc) is 2.42. The number of ether oxygens (including phenoxy) is 1. The van der Waals surface area contributed by atoms with Crippen molar-refractivity contribution in [3.05, 3.63) is 28.2 Å². The van der Waals surface area contributed by atoms with Crippen LogP contribution in [0.2, 0.25) is 0 Å². The van der Waals surface area contributed by atoms with E-state index >= 15 is 0 Å². The van der Waals surface area contributed by atoms with Gasteiger partial charge in [0.05, 0.1) is 19.8 Å². The molecule has 0 aliphatic carbocycles. The lowest BCUT2D eigenvalue weighted by Crippen LogP contribution is -2.40. The largest absolute Gasteiger partial charge is 0.395 e. The number of carbonyl (C=O) groups excluding carboxylic acids is 1. The van der Waals surface area contributed by atoms with Crippen LogP contribution in [0, 0.1) is 0 Å². The summed E-state index contributed by atoms with van der Waals surface area (Å²) in [7, 11) is 1.53. The van der Waals surface area contributed by atoms with Crippen LogP contribution >= 0.6 is 0 Å². The Labute approximate surface area is 117 Å². The van der Waals surface area contributed by atoms with Crippen molar-refractivity contribution in [2.75, 3.05) is 26.9 Å². The number of aliphatic hydroxyl groups is 1. The Morgan fingerprint density at radius 3 is 2.75 bits per heavy atom. The Morgan fingerprint density at radius 1 is 1.50 bits per heavy atom. The Morgan fingerprint density at radius 2 is 2.20 bits per heavy atom. The zero-order chi connectivity index (χ0) is 15.1. The summed E-state index contributed by atoms with van der Waals surface area (Å²) >= 11 is 0. The Hall–Kier alpha value is -1.73. The van der Waals surface area contributed by atoms with E-state index in [9.17, 15) is 9.59 Å². The minimum absolute atomic E-state index is 0.0594. The summed E-state index contributed by atoms with van der Waals surface area (Å²) in [5.41, 5.74) is -0.0975. The van der Waals surface area contributed by atoms with Crippen LogP contribution in [0.1, 0.15) is 24.3 Å². The molecule has 0 saturated carbocycles. The van der Waals surface area contributed by atoms with Gasteiger partial charge in [-0.05, 0) is 19.9 Å². The normalized spacial score (nSPS) is 10.8. The first-order valence-corrected chi connectivity index (χ1v) is 6.50. The highest BCUT2D eigenvalue weighted by Gasteiger charge is 2.20. The number of rotatable bonds is 7. The lowest BCUT2D eigenvalue weighted by Gasteiger charge is -2.25. The van der Waals surface area contributed by atoms with E-state index in [0.717, 1.165) is 0 Å². The molecule has 0 fully saturated rings. The molecule has 0 unspecified atom stereocenters. The molecule has 20 heavy (non-hydrogen) atoms. The van der Waals surface area contributed by atoms with Crippen molar-refractivity contribution in [3.63, 3.8) is 0 Å². The van der Waals surface area contributed by atoms with E-state index in [2.05, 4.69) is 5.10 Å². The molecule has 1 heterocycles. The van der Waals surface area contributed by atoms with Crippen molar-refractivity contribution in [2.24, 2.45) is 0 Å². The first-order valence-electron chi connectivity index (χ1n) is 6.50. The molecule has 1 aromatic heterocycles. The van der Waals surface area contributed by atoms with Crippen LogP contribution in [-0.2, 0) is 11.3 Å². The molecule has 0 aliphatic rings. The standard InChI is InChI=1S/C13H21N3O4/c1-10(2)15(6-8-17)13(19)11-4-5-12(18)16(14-11)7-9-20-3/h4-5,10,17H,6-9H2,1-3H3. The third-order valence-corrected chi connectivity index (χ3v) is 2.82. The maximum Gasteiger partial charge on any atom is 0.274 e. The van der Waals surface area contributed by atoms with Gasteiger partial charge in [-0.3, -0.25) is 9.59 Å². The Balaban J connectivity index is 3.00. The fourth-order valence-corrected chi connectivity index (χ4v) is 1.75. The predicted octanol–water partition coefficient (Wildman–Crippen LogP) is -0.267. The molecule has 0 aromatic carbocycles. The van der Waals surface area contributed by atoms with Crippen LogP contribution < -0.4 is 5.56 Å². The topological polar surface area (TPSA) is 84.7 Å². The molecule has 7 heteroatoms. The fraction of sp³-hybridized carbons (Fsp3) is 0.615. The maximum atomic E-state index is 12.3. The number of hydrogen-bond acceptors (Lipinski definition) is 5. The van der Waals surface area contributed by atoms with Gasteiger partial charge in [-0.1, -0.05) is 0 Å². The summed E-state index contributed by atoms with van der Waals surface area (Å²) in [5.74, 6) is -0.305. The number of methoxy groups -OCH3 is 1. The van der Waals surface area contributed by atoms with Gasteiger partial charge in [0.1, 0.15) is 5.69 Å². The van der Waals surface area contributed by atoms with Crippen molar-refractivity contribution in [1.82, 2.24) is 14.7 Å². The van der Waals surface area contributed by atoms with Crippen molar-refractivity contribution in [2.45, 2.75) is 26.4 Å². The second-order valence-electron chi connectivity index (χ2n) is 4.59. The summed E-state index contributed by atoms with van der Waals surface area (Å²) in [6.07, 6.45) is 0. The van der Waals surface area contributed by atoms with Gasteiger partial charge in [0.25, 0.3) is 11.5 Å². The van der Waals surface area contributed by atoms with E-state index < -0.39 is 0 Å². The van der Waals surface area contributed by atoms with Gasteiger partial charge in [0, 0.05) is 25.8 Å². The van der Waals surface area contributed by atoms with E-state index in [0.29, 0.717) is 6.61 Å². The summed E-state index contributed by atoms with van der Waals surface area (Å²) in [6, 6.07) is 2.66. The number of amides is 1. The molecule has 0 atom stereocenters. The highest BCUT2D eigenvalue weighted by Crippen LogP contribution is 2.04. The quantitative estimate of drug-likeness (QED) is 0.745. The summed E-state index contributed by atoms with van der Waals surface area (Å²) in [6.45, 7) is 4.46. The van der Waals surface area contributed by atoms with Crippen molar-refractivity contribution >= 4 is 5.91 Å². The molecule has 1 aromatic rings. The first kappa shape index (κ1) is 16.3. The van der Waals surface area contributed by atoms with Gasteiger partial charge in [-0.2, -0.15) is 5.10 Å². The van der Waals surface area contributed by atoms with Crippen LogP contribution in [0.15, 0.2) is 16.9 Å². The molecule has 1 rings (SSSR count). The first-order chi connectivity index (χ1) is 9.51. The zero-order valence-electron chi connectivity index (χ0n) is 12.1. The van der Waals surface area contributed by atoms with Crippen LogP contribution in [-0.4, -0.2) is 58.6 Å². The molecule has 0 radical (unpaired) electrons. The average molecular weight is 283 g/mol. The lowest BCUT2D eigenvalue weighted by atomic mass is 10.2. The monoisotopic (exact) mass is 283 g/mol. The molecule has 0 spiro atoms. The van der Waals surface area contributed by atoms with Crippen molar-refractivity contribution in [3.8, 4) is 0 Å². The third-order valence-electron chi connectivity index (χ3n) is 2.82. The number of carbonyl (C=O) groups is 1. The van der Waals surface area contributed by atoms with Gasteiger partial charge in [-0.15, -0.1) is 0 Å². The summed E-state index contributed by atoms with van der Waals surface area (Å²) in [5, 5.41) is 13.1. The van der Waals surface area contributed by atoms with Crippen LogP contribution in [0.3, 0.4) is 0 Å². The molecule has 1 amide bonds. The molecule has 112 valence electrons. The van der Waals surface area contributed by atoms with Crippen LogP contribution in [0.4, 0.5) is 0 Å². The van der Waals surface area contributed by atoms with E-state index in [4.69, 9.17) is 9.84 Å². The smallest absolute Gasteiger partial charge is 0.274 e. The molecule has 0 bridgehead atoms. The fourth-order valence-electron chi connectivity index (χ4n) is 1.75. The Kier molecular flexibility index (Phi) is 6.33. The summed E-state index contributed by atoms with van der Waals surface area (Å²) in [4.78, 5) is 25.4.